The van der Waals surface area contributed by atoms with E-state index in [-0.39, 0.29) is 0 Å². The third kappa shape index (κ3) is 2.94. The highest BCUT2D eigenvalue weighted by Crippen LogP contribution is 1.64. The lowest BCUT2D eigenvalue weighted by Gasteiger charge is -1.68. The molecule has 0 amide bonds. The van der Waals surface area contributed by atoms with E-state index in [0.29, 0.717) is 12.5 Å². The molecule has 0 saturated heterocycles. The molecule has 34 valence electrons. The first-order valence-corrected chi connectivity index (χ1v) is 1.21. The molecule has 6 heavy (non-hydrogen) atoms. The summed E-state index contributed by atoms with van der Waals surface area (Å²) >= 11 is 0. The topological polar surface area (TPSA) is 63.4 Å². The van der Waals surface area contributed by atoms with E-state index in [2.05, 4.69) is 0 Å². The van der Waals surface area contributed by atoms with Gasteiger partial charge in [-0.1, -0.05) is 0 Å². The van der Waals surface area contributed by atoms with Gasteiger partial charge in [0, 0.05) is 0 Å². The number of hydrogen-bond acceptors (Lipinski definition) is 3. The number of rotatable bonds is 1. The van der Waals surface area contributed by atoms with Crippen molar-refractivity contribution in [2.75, 3.05) is 0 Å². The first kappa shape index (κ1) is 4.94. The third-order valence-corrected chi connectivity index (χ3v) is 0.188. The lowest BCUT2D eigenvalue weighted by molar-refractivity contribution is -0.403. The van der Waals surface area contributed by atoms with Crippen molar-refractivity contribution in [1.82, 2.24) is 0 Å². The van der Waals surface area contributed by atoms with Crippen LogP contribution in [0.2, 0.25) is 0 Å². The highest BCUT2D eigenvalue weighted by atomic mass is 16.6. The Morgan fingerprint density at radius 2 is 2.33 bits per heavy atom. The van der Waals surface area contributed by atoms with Gasteiger partial charge < -0.3 is 5.11 Å². The van der Waals surface area contributed by atoms with E-state index in [4.69, 9.17) is 15.2 Å². The molecule has 4 nitrogen and oxygen atoms in total. The molecule has 0 spiro atoms. The fourth-order valence-corrected chi connectivity index (χ4v) is 0.0544. The molecule has 0 bridgehead atoms. The Hall–Kier alpha value is -1.06. The fraction of sp³-hybridized carbons (Fsp3) is 0. The SMILES string of the molecule is O=[N+]([O-])C=CO. The summed E-state index contributed by atoms with van der Waals surface area (Å²) in [5, 5.41) is 16.8. The predicted octanol–water partition coefficient (Wildman–Crippen LogP) is 0.292. The van der Waals surface area contributed by atoms with Gasteiger partial charge in [0.1, 0.15) is 6.26 Å². The quantitative estimate of drug-likeness (QED) is 0.285. The fourth-order valence-electron chi connectivity index (χ4n) is 0.0544. The van der Waals surface area contributed by atoms with Gasteiger partial charge in [0.2, 0.25) is 0 Å². The molecule has 0 aliphatic carbocycles. The second kappa shape index (κ2) is 2.19. The first-order valence-electron chi connectivity index (χ1n) is 1.21. The van der Waals surface area contributed by atoms with Crippen LogP contribution in [-0.2, 0) is 0 Å². The number of aliphatic hydroxyl groups is 1. The molecule has 0 radical (unpaired) electrons. The second-order valence-electron chi connectivity index (χ2n) is 0.583. The van der Waals surface area contributed by atoms with Crippen LogP contribution in [0.3, 0.4) is 0 Å². The predicted molar refractivity (Wildman–Crippen MR) is 18.8 cm³/mol. The minimum absolute atomic E-state index is 0.375. The summed E-state index contributed by atoms with van der Waals surface area (Å²) in [4.78, 5) is 8.41. The van der Waals surface area contributed by atoms with Gasteiger partial charge >= 0.3 is 0 Å². The third-order valence-electron chi connectivity index (χ3n) is 0.188. The van der Waals surface area contributed by atoms with Crippen molar-refractivity contribution in [1.29, 1.82) is 0 Å². The Morgan fingerprint density at radius 1 is 1.83 bits per heavy atom. The van der Waals surface area contributed by atoms with Gasteiger partial charge in [0.25, 0.3) is 6.20 Å². The zero-order valence-corrected chi connectivity index (χ0v) is 2.87. The second-order valence-corrected chi connectivity index (χ2v) is 0.583. The lowest BCUT2D eigenvalue weighted by Crippen LogP contribution is -1.80. The van der Waals surface area contributed by atoms with E-state index in [1.54, 1.807) is 0 Å². The van der Waals surface area contributed by atoms with Crippen LogP contribution < -0.4 is 0 Å². The molecule has 0 aromatic carbocycles. The Bertz CT molecular complexity index is 76.9. The summed E-state index contributed by atoms with van der Waals surface area (Å²) in [5.41, 5.74) is 0. The molecule has 4 heteroatoms. The number of hydrogen-bond donors (Lipinski definition) is 1. The van der Waals surface area contributed by atoms with Gasteiger partial charge in [-0.05, 0) is 0 Å². The average Bonchev–Trinajstić information content (AvgIpc) is 1.35. The van der Waals surface area contributed by atoms with Crippen LogP contribution in [0.15, 0.2) is 12.5 Å². The van der Waals surface area contributed by atoms with Crippen LogP contribution in [0.25, 0.3) is 0 Å². The Morgan fingerprint density at radius 3 is 2.33 bits per heavy atom. The first-order chi connectivity index (χ1) is 2.77. The Balaban J connectivity index is 3.30. The van der Waals surface area contributed by atoms with Crippen molar-refractivity contribution >= 4 is 0 Å². The zero-order valence-electron chi connectivity index (χ0n) is 2.87. The van der Waals surface area contributed by atoms with Crippen molar-refractivity contribution in [3.05, 3.63) is 22.6 Å². The van der Waals surface area contributed by atoms with Crippen LogP contribution in [-0.4, -0.2) is 10.0 Å². The summed E-state index contributed by atoms with van der Waals surface area (Å²) in [6.07, 6.45) is 0.819. The highest BCUT2D eigenvalue weighted by molar-refractivity contribution is 4.53. The van der Waals surface area contributed by atoms with Crippen LogP contribution in [0.5, 0.6) is 0 Å². The van der Waals surface area contributed by atoms with Gasteiger partial charge in [-0.25, -0.2) is 0 Å². The minimum Gasteiger partial charge on any atom is -0.509 e. The molecule has 0 aliphatic rings. The maximum absolute atomic E-state index is 9.16. The molecular weight excluding hydrogens is 86.0 g/mol. The van der Waals surface area contributed by atoms with E-state index in [1.165, 1.54) is 0 Å². The van der Waals surface area contributed by atoms with Gasteiger partial charge in [-0.2, -0.15) is 0 Å². The summed E-state index contributed by atoms with van der Waals surface area (Å²) in [5.74, 6) is 0. The molecule has 0 saturated carbocycles. The molecule has 0 heterocycles. The molecule has 0 rings (SSSR count). The van der Waals surface area contributed by atoms with Crippen LogP contribution >= 0.6 is 0 Å². The smallest absolute Gasteiger partial charge is 0.268 e. The van der Waals surface area contributed by atoms with E-state index in [0.717, 1.165) is 0 Å². The standard InChI is InChI=1S/C2H3NO3/c4-2-1-3(5)6/h1-2,4H. The van der Waals surface area contributed by atoms with E-state index in [9.17, 15) is 0 Å². The maximum atomic E-state index is 9.16. The summed E-state index contributed by atoms with van der Waals surface area (Å²) < 4.78 is 0. The molecule has 0 unspecified atom stereocenters. The molecule has 1 N–H and O–H groups in total. The average molecular weight is 89.0 g/mol. The number of aliphatic hydroxyl groups excluding tert-OH is 1. The van der Waals surface area contributed by atoms with Gasteiger partial charge in [0.05, 0.1) is 4.92 Å². The van der Waals surface area contributed by atoms with E-state index >= 15 is 0 Å². The Kier molecular flexibility index (Phi) is 1.81. The molecule has 0 atom stereocenters. The molecular formula is C2H3NO3. The maximum Gasteiger partial charge on any atom is 0.268 e. The van der Waals surface area contributed by atoms with Crippen molar-refractivity contribution in [2.24, 2.45) is 0 Å². The van der Waals surface area contributed by atoms with Gasteiger partial charge in [-0.15, -0.1) is 0 Å². The van der Waals surface area contributed by atoms with Crippen LogP contribution in [0.4, 0.5) is 0 Å². The molecule has 0 aromatic heterocycles. The largest absolute Gasteiger partial charge is 0.509 e. The molecule has 0 aliphatic heterocycles. The zero-order chi connectivity index (χ0) is 4.99. The van der Waals surface area contributed by atoms with E-state index in [1.807, 2.05) is 0 Å². The molecule has 0 fully saturated rings. The van der Waals surface area contributed by atoms with Crippen LogP contribution in [0.1, 0.15) is 0 Å². The van der Waals surface area contributed by atoms with Gasteiger partial charge in [-0.3, -0.25) is 10.1 Å². The van der Waals surface area contributed by atoms with Crippen molar-refractivity contribution in [2.45, 2.75) is 0 Å². The number of nitro groups is 1. The van der Waals surface area contributed by atoms with E-state index < -0.39 is 4.92 Å². The number of nitrogens with zero attached hydrogens (tertiary/aromatic N) is 1. The molecule has 0 aromatic rings. The van der Waals surface area contributed by atoms with Crippen molar-refractivity contribution < 1.29 is 10.0 Å². The summed E-state index contributed by atoms with van der Waals surface area (Å²) in [6.45, 7) is 0. The van der Waals surface area contributed by atoms with Crippen LogP contribution in [0, 0.1) is 10.1 Å². The lowest BCUT2D eigenvalue weighted by atomic mass is 11.0. The highest BCUT2D eigenvalue weighted by Gasteiger charge is 1.75. The summed E-state index contributed by atoms with van der Waals surface area (Å²) in [7, 11) is 0. The van der Waals surface area contributed by atoms with Crippen molar-refractivity contribution in [3.63, 3.8) is 0 Å². The minimum atomic E-state index is -0.750. The Labute approximate surface area is 33.9 Å². The van der Waals surface area contributed by atoms with Gasteiger partial charge in [0.15, 0.2) is 0 Å². The monoisotopic (exact) mass is 89.0 g/mol. The normalized spacial score (nSPS) is 9.33. The van der Waals surface area contributed by atoms with Crippen molar-refractivity contribution in [3.8, 4) is 0 Å². The summed E-state index contributed by atoms with van der Waals surface area (Å²) in [6, 6.07) is 0.